The van der Waals surface area contributed by atoms with Crippen LogP contribution in [-0.2, 0) is 14.3 Å². The van der Waals surface area contributed by atoms with Crippen molar-refractivity contribution in [2.45, 2.75) is 32.7 Å². The fourth-order valence-electron chi connectivity index (χ4n) is 2.38. The Morgan fingerprint density at radius 3 is 2.79 bits per heavy atom. The number of amides is 3. The molecule has 0 radical (unpaired) electrons. The Bertz CT molecular complexity index is 435. The number of carbonyl (C=O) groups is 3. The van der Waals surface area contributed by atoms with Gasteiger partial charge in [0.05, 0.1) is 6.54 Å². The maximum absolute atomic E-state index is 12.4. The largest absolute Gasteiger partial charge is 0.447 e. The van der Waals surface area contributed by atoms with Crippen LogP contribution in [-0.4, -0.2) is 53.2 Å². The number of imide groups is 1. The van der Waals surface area contributed by atoms with E-state index in [1.54, 1.807) is 6.21 Å². The van der Waals surface area contributed by atoms with Crippen molar-refractivity contribution in [2.75, 3.05) is 13.2 Å². The van der Waals surface area contributed by atoms with E-state index in [4.69, 9.17) is 4.74 Å². The molecule has 1 saturated heterocycles. The van der Waals surface area contributed by atoms with E-state index < -0.39 is 18.0 Å². The monoisotopic (exact) mass is 267 g/mol. The molecule has 0 unspecified atom stereocenters. The SMILES string of the molecule is CCC[C@@H]1C=NN(C(C)=O)[C@H]1C(=O)N1CCOC1=O. The van der Waals surface area contributed by atoms with Gasteiger partial charge < -0.3 is 4.74 Å². The van der Waals surface area contributed by atoms with Crippen LogP contribution in [0.1, 0.15) is 26.7 Å². The zero-order valence-electron chi connectivity index (χ0n) is 11.0. The Balaban J connectivity index is 2.19. The molecule has 0 aromatic rings. The van der Waals surface area contributed by atoms with E-state index in [2.05, 4.69) is 5.10 Å². The van der Waals surface area contributed by atoms with Gasteiger partial charge in [-0.15, -0.1) is 0 Å². The summed E-state index contributed by atoms with van der Waals surface area (Å²) in [6.45, 7) is 3.79. The quantitative estimate of drug-likeness (QED) is 0.750. The molecular formula is C12H17N3O4. The summed E-state index contributed by atoms with van der Waals surface area (Å²) in [6, 6.07) is -0.719. The van der Waals surface area contributed by atoms with Crippen molar-refractivity contribution in [3.8, 4) is 0 Å². The first-order valence-electron chi connectivity index (χ1n) is 6.38. The highest BCUT2D eigenvalue weighted by molar-refractivity contribution is 6.00. The van der Waals surface area contributed by atoms with E-state index in [9.17, 15) is 14.4 Å². The second-order valence-electron chi connectivity index (χ2n) is 4.63. The van der Waals surface area contributed by atoms with Crippen LogP contribution < -0.4 is 0 Å². The number of ether oxygens (including phenoxy) is 1. The predicted octanol–water partition coefficient (Wildman–Crippen LogP) is 0.598. The third kappa shape index (κ3) is 2.45. The lowest BCUT2D eigenvalue weighted by atomic mass is 9.95. The first-order valence-corrected chi connectivity index (χ1v) is 6.38. The van der Waals surface area contributed by atoms with Gasteiger partial charge in [-0.05, 0) is 6.42 Å². The Hall–Kier alpha value is -1.92. The van der Waals surface area contributed by atoms with E-state index >= 15 is 0 Å². The molecule has 0 spiro atoms. The third-order valence-corrected chi connectivity index (χ3v) is 3.28. The average Bonchev–Trinajstić information content (AvgIpc) is 2.95. The molecule has 0 aromatic heterocycles. The van der Waals surface area contributed by atoms with Crippen LogP contribution in [0.3, 0.4) is 0 Å². The van der Waals surface area contributed by atoms with Crippen molar-refractivity contribution in [3.63, 3.8) is 0 Å². The lowest BCUT2D eigenvalue weighted by Crippen LogP contribution is -2.49. The van der Waals surface area contributed by atoms with Crippen LogP contribution in [0.2, 0.25) is 0 Å². The van der Waals surface area contributed by atoms with Gasteiger partial charge in [0.15, 0.2) is 0 Å². The topological polar surface area (TPSA) is 79.3 Å². The standard InChI is InChI=1S/C12H17N3O4/c1-3-4-9-7-13-15(8(2)16)10(9)11(17)14-5-6-19-12(14)18/h7,9-10H,3-6H2,1-2H3/t9-,10-/m1/s1. The lowest BCUT2D eigenvalue weighted by Gasteiger charge is -2.26. The highest BCUT2D eigenvalue weighted by Gasteiger charge is 2.43. The zero-order chi connectivity index (χ0) is 14.0. The highest BCUT2D eigenvalue weighted by Crippen LogP contribution is 2.25. The molecule has 7 heteroatoms. The second-order valence-corrected chi connectivity index (χ2v) is 4.63. The first-order chi connectivity index (χ1) is 9.06. The summed E-state index contributed by atoms with van der Waals surface area (Å²) in [5.41, 5.74) is 0. The highest BCUT2D eigenvalue weighted by atomic mass is 16.6. The average molecular weight is 267 g/mol. The molecule has 19 heavy (non-hydrogen) atoms. The van der Waals surface area contributed by atoms with Crippen LogP contribution in [0.25, 0.3) is 0 Å². The number of nitrogens with zero attached hydrogens (tertiary/aromatic N) is 3. The van der Waals surface area contributed by atoms with Gasteiger partial charge in [-0.25, -0.2) is 14.7 Å². The number of hydrogen-bond donors (Lipinski definition) is 0. The maximum atomic E-state index is 12.4. The normalized spacial score (nSPS) is 25.9. The molecule has 0 saturated carbocycles. The smallest absolute Gasteiger partial charge is 0.416 e. The van der Waals surface area contributed by atoms with Gasteiger partial charge in [-0.2, -0.15) is 5.10 Å². The summed E-state index contributed by atoms with van der Waals surface area (Å²) in [6.07, 6.45) is 2.59. The number of carbonyl (C=O) groups excluding carboxylic acids is 3. The van der Waals surface area contributed by atoms with E-state index in [0.717, 1.165) is 22.8 Å². The number of rotatable bonds is 3. The summed E-state index contributed by atoms with van der Waals surface area (Å²) in [4.78, 5) is 36.4. The van der Waals surface area contributed by atoms with E-state index in [0.29, 0.717) is 0 Å². The van der Waals surface area contributed by atoms with Crippen LogP contribution in [0.4, 0.5) is 4.79 Å². The van der Waals surface area contributed by atoms with Crippen molar-refractivity contribution >= 4 is 24.1 Å². The van der Waals surface area contributed by atoms with Gasteiger partial charge in [0.2, 0.25) is 5.91 Å². The summed E-state index contributed by atoms with van der Waals surface area (Å²) >= 11 is 0. The second kappa shape index (κ2) is 5.38. The molecule has 3 amide bonds. The molecule has 0 aliphatic carbocycles. The molecular weight excluding hydrogens is 250 g/mol. The predicted molar refractivity (Wildman–Crippen MR) is 66.3 cm³/mol. The van der Waals surface area contributed by atoms with Crippen molar-refractivity contribution in [1.29, 1.82) is 0 Å². The fourth-order valence-corrected chi connectivity index (χ4v) is 2.38. The molecule has 0 bridgehead atoms. The molecule has 0 aromatic carbocycles. The van der Waals surface area contributed by atoms with Gasteiger partial charge in [0.25, 0.3) is 5.91 Å². The zero-order valence-corrected chi connectivity index (χ0v) is 11.0. The first kappa shape index (κ1) is 13.5. The van der Waals surface area contributed by atoms with Gasteiger partial charge >= 0.3 is 6.09 Å². The minimum absolute atomic E-state index is 0.144. The molecule has 1 fully saturated rings. The van der Waals surface area contributed by atoms with Crippen molar-refractivity contribution in [1.82, 2.24) is 9.91 Å². The summed E-state index contributed by atoms with van der Waals surface area (Å²) in [5, 5.41) is 5.15. The van der Waals surface area contributed by atoms with Crippen molar-refractivity contribution < 1.29 is 19.1 Å². The molecule has 7 nitrogen and oxygen atoms in total. The number of cyclic esters (lactones) is 1. The van der Waals surface area contributed by atoms with Crippen molar-refractivity contribution in [3.05, 3.63) is 0 Å². The molecule has 2 rings (SSSR count). The number of hydrogen-bond acceptors (Lipinski definition) is 5. The third-order valence-electron chi connectivity index (χ3n) is 3.28. The van der Waals surface area contributed by atoms with Crippen LogP contribution in [0, 0.1) is 5.92 Å². The Kier molecular flexibility index (Phi) is 3.82. The van der Waals surface area contributed by atoms with Crippen LogP contribution in [0.5, 0.6) is 0 Å². The summed E-state index contributed by atoms with van der Waals surface area (Å²) < 4.78 is 4.76. The number of hydrazone groups is 1. The molecule has 2 aliphatic heterocycles. The maximum Gasteiger partial charge on any atom is 0.416 e. The van der Waals surface area contributed by atoms with Gasteiger partial charge in [0, 0.05) is 19.1 Å². The van der Waals surface area contributed by atoms with Crippen LogP contribution >= 0.6 is 0 Å². The molecule has 104 valence electrons. The molecule has 2 aliphatic rings. The van der Waals surface area contributed by atoms with Gasteiger partial charge in [0.1, 0.15) is 12.6 Å². The van der Waals surface area contributed by atoms with Crippen LogP contribution in [0.15, 0.2) is 5.10 Å². The summed E-state index contributed by atoms with van der Waals surface area (Å²) in [5.74, 6) is -0.857. The van der Waals surface area contributed by atoms with Gasteiger partial charge in [-0.1, -0.05) is 13.3 Å². The molecule has 0 N–H and O–H groups in total. The van der Waals surface area contributed by atoms with Crippen molar-refractivity contribution in [2.24, 2.45) is 11.0 Å². The lowest BCUT2D eigenvalue weighted by molar-refractivity contribution is -0.142. The minimum Gasteiger partial charge on any atom is -0.447 e. The Morgan fingerprint density at radius 2 is 2.26 bits per heavy atom. The minimum atomic E-state index is -0.719. The Labute approximate surface area is 111 Å². The Morgan fingerprint density at radius 1 is 1.53 bits per heavy atom. The van der Waals surface area contributed by atoms with E-state index in [1.807, 2.05) is 6.92 Å². The summed E-state index contributed by atoms with van der Waals surface area (Å²) in [7, 11) is 0. The fraction of sp³-hybridized carbons (Fsp3) is 0.667. The molecule has 2 atom stereocenters. The van der Waals surface area contributed by atoms with Gasteiger partial charge in [-0.3, -0.25) is 9.59 Å². The van der Waals surface area contributed by atoms with E-state index in [1.165, 1.54) is 6.92 Å². The van der Waals surface area contributed by atoms with E-state index in [-0.39, 0.29) is 25.0 Å². The molecule has 2 heterocycles.